The van der Waals surface area contributed by atoms with E-state index < -0.39 is 12.8 Å². The number of alkyl halides is 3. The van der Waals surface area contributed by atoms with Crippen molar-refractivity contribution in [1.29, 1.82) is 0 Å². The van der Waals surface area contributed by atoms with Gasteiger partial charge in [-0.05, 0) is 31.4 Å². The average Bonchev–Trinajstić information content (AvgIpc) is 2.77. The van der Waals surface area contributed by atoms with Crippen LogP contribution in [0.5, 0.6) is 5.88 Å². The Morgan fingerprint density at radius 3 is 2.69 bits per heavy atom. The number of nitrogens with zero attached hydrogens (tertiary/aromatic N) is 3. The number of guanidine groups is 1. The van der Waals surface area contributed by atoms with Crippen LogP contribution in [0.2, 0.25) is 0 Å². The Balaban J connectivity index is 1.49. The Labute approximate surface area is 186 Å². The van der Waals surface area contributed by atoms with Crippen molar-refractivity contribution >= 4 is 5.96 Å². The van der Waals surface area contributed by atoms with Gasteiger partial charge >= 0.3 is 6.18 Å². The number of piperidine rings is 1. The summed E-state index contributed by atoms with van der Waals surface area (Å²) in [5.41, 5.74) is 1.84. The van der Waals surface area contributed by atoms with Crippen molar-refractivity contribution in [3.05, 3.63) is 59.8 Å². The van der Waals surface area contributed by atoms with Crippen molar-refractivity contribution in [3.63, 3.8) is 0 Å². The summed E-state index contributed by atoms with van der Waals surface area (Å²) in [5.74, 6) is 0.569. The van der Waals surface area contributed by atoms with E-state index in [1.54, 1.807) is 19.2 Å². The van der Waals surface area contributed by atoms with Gasteiger partial charge < -0.3 is 15.4 Å². The van der Waals surface area contributed by atoms with Gasteiger partial charge in [-0.3, -0.25) is 9.89 Å². The molecule has 0 saturated carbocycles. The van der Waals surface area contributed by atoms with E-state index in [0.717, 1.165) is 25.9 Å². The summed E-state index contributed by atoms with van der Waals surface area (Å²) in [6, 6.07) is 14.5. The van der Waals surface area contributed by atoms with Gasteiger partial charge in [-0.25, -0.2) is 4.98 Å². The zero-order chi connectivity index (χ0) is 23.0. The van der Waals surface area contributed by atoms with Gasteiger partial charge in [0, 0.05) is 50.5 Å². The van der Waals surface area contributed by atoms with Gasteiger partial charge in [0.05, 0.1) is 0 Å². The van der Waals surface area contributed by atoms with E-state index in [1.165, 1.54) is 11.8 Å². The number of halogens is 3. The summed E-state index contributed by atoms with van der Waals surface area (Å²) in [7, 11) is 1.67. The zero-order valence-corrected chi connectivity index (χ0v) is 18.4. The standard InChI is InChI=1S/C23H30F3N5O/c1-17-13-20(10-12-31(17)15-18-7-4-3-5-8-18)30-22(27-2)29-14-19-9-6-11-28-21(19)32-16-23(24,25)26/h3-9,11,17,20H,10,12-16H2,1-2H3,(H2,27,29,30). The quantitative estimate of drug-likeness (QED) is 0.498. The maximum Gasteiger partial charge on any atom is 0.422 e. The highest BCUT2D eigenvalue weighted by Gasteiger charge is 2.29. The van der Waals surface area contributed by atoms with Crippen molar-refractivity contribution in [2.75, 3.05) is 20.2 Å². The Morgan fingerprint density at radius 1 is 1.22 bits per heavy atom. The van der Waals surface area contributed by atoms with E-state index in [0.29, 0.717) is 17.6 Å². The Bertz CT molecular complexity index is 875. The number of nitrogens with one attached hydrogen (secondary N) is 2. The highest BCUT2D eigenvalue weighted by Crippen LogP contribution is 2.21. The van der Waals surface area contributed by atoms with E-state index in [-0.39, 0.29) is 18.5 Å². The van der Waals surface area contributed by atoms with E-state index in [9.17, 15) is 13.2 Å². The van der Waals surface area contributed by atoms with Gasteiger partial charge in [0.15, 0.2) is 12.6 Å². The van der Waals surface area contributed by atoms with E-state index in [2.05, 4.69) is 56.7 Å². The maximum absolute atomic E-state index is 12.5. The lowest BCUT2D eigenvalue weighted by Gasteiger charge is -2.38. The Hall–Kier alpha value is -2.81. The summed E-state index contributed by atoms with van der Waals surface area (Å²) in [5, 5.41) is 6.60. The first-order valence-electron chi connectivity index (χ1n) is 10.7. The number of aromatic nitrogens is 1. The van der Waals surface area contributed by atoms with Crippen LogP contribution in [-0.2, 0) is 13.1 Å². The molecule has 6 nitrogen and oxygen atoms in total. The minimum Gasteiger partial charge on any atom is -0.468 e. The molecule has 0 spiro atoms. The third-order valence-corrected chi connectivity index (χ3v) is 5.48. The zero-order valence-electron chi connectivity index (χ0n) is 18.4. The Kier molecular flexibility index (Phi) is 8.33. The monoisotopic (exact) mass is 449 g/mol. The van der Waals surface area contributed by atoms with Crippen LogP contribution in [0.3, 0.4) is 0 Å². The topological polar surface area (TPSA) is 61.8 Å². The van der Waals surface area contributed by atoms with Crippen LogP contribution in [0.15, 0.2) is 53.7 Å². The number of hydrogen-bond acceptors (Lipinski definition) is 4. The molecule has 2 atom stereocenters. The first-order chi connectivity index (χ1) is 15.3. The lowest BCUT2D eigenvalue weighted by Crippen LogP contribution is -2.51. The lowest BCUT2D eigenvalue weighted by atomic mass is 9.97. The predicted molar refractivity (Wildman–Crippen MR) is 118 cm³/mol. The fourth-order valence-electron chi connectivity index (χ4n) is 3.81. The molecular formula is C23H30F3N5O. The van der Waals surface area contributed by atoms with Gasteiger partial charge in [-0.1, -0.05) is 36.4 Å². The molecule has 0 amide bonds. The molecule has 1 aliphatic rings. The van der Waals surface area contributed by atoms with Crippen LogP contribution in [0, 0.1) is 0 Å². The molecule has 2 N–H and O–H groups in total. The smallest absolute Gasteiger partial charge is 0.422 e. The normalized spacial score (nSPS) is 20.1. The number of hydrogen-bond donors (Lipinski definition) is 2. The number of benzene rings is 1. The molecule has 1 aliphatic heterocycles. The lowest BCUT2D eigenvalue weighted by molar-refractivity contribution is -0.154. The molecule has 1 aromatic heterocycles. The molecule has 9 heteroatoms. The van der Waals surface area contributed by atoms with Crippen molar-refractivity contribution < 1.29 is 17.9 Å². The largest absolute Gasteiger partial charge is 0.468 e. The SMILES string of the molecule is CN=C(NCc1cccnc1OCC(F)(F)F)NC1CCN(Cc2ccccc2)C(C)C1. The molecule has 1 aromatic carbocycles. The number of aliphatic imine (C=N–C) groups is 1. The molecule has 1 fully saturated rings. The third kappa shape index (κ3) is 7.40. The predicted octanol–water partition coefficient (Wildman–Crippen LogP) is 3.74. The second kappa shape index (κ2) is 11.2. The molecule has 2 heterocycles. The highest BCUT2D eigenvalue weighted by molar-refractivity contribution is 5.80. The highest BCUT2D eigenvalue weighted by atomic mass is 19.4. The van der Waals surface area contributed by atoms with Gasteiger partial charge in [-0.15, -0.1) is 0 Å². The van der Waals surface area contributed by atoms with E-state index in [4.69, 9.17) is 4.74 Å². The van der Waals surface area contributed by atoms with E-state index in [1.807, 2.05) is 6.07 Å². The number of pyridine rings is 1. The van der Waals surface area contributed by atoms with Crippen LogP contribution in [-0.4, -0.2) is 54.3 Å². The van der Waals surface area contributed by atoms with Gasteiger partial charge in [-0.2, -0.15) is 13.2 Å². The van der Waals surface area contributed by atoms with Crippen LogP contribution in [0.4, 0.5) is 13.2 Å². The first-order valence-corrected chi connectivity index (χ1v) is 10.7. The van der Waals surface area contributed by atoms with Crippen LogP contribution < -0.4 is 15.4 Å². The fraction of sp³-hybridized carbons (Fsp3) is 0.478. The molecule has 0 radical (unpaired) electrons. The molecule has 32 heavy (non-hydrogen) atoms. The summed E-state index contributed by atoms with van der Waals surface area (Å²) < 4.78 is 42.3. The molecule has 2 aromatic rings. The van der Waals surface area contributed by atoms with E-state index >= 15 is 0 Å². The van der Waals surface area contributed by atoms with Crippen molar-refractivity contribution in [1.82, 2.24) is 20.5 Å². The summed E-state index contributed by atoms with van der Waals surface area (Å²) >= 11 is 0. The summed E-state index contributed by atoms with van der Waals surface area (Å²) in [4.78, 5) is 10.7. The number of likely N-dealkylation sites (tertiary alicyclic amines) is 1. The minimum absolute atomic E-state index is 0.0318. The number of rotatable bonds is 7. The first kappa shape index (κ1) is 23.8. The molecule has 3 rings (SSSR count). The summed E-state index contributed by atoms with van der Waals surface area (Å²) in [6.45, 7) is 3.02. The molecule has 174 valence electrons. The molecule has 0 aliphatic carbocycles. The Morgan fingerprint density at radius 2 is 2.00 bits per heavy atom. The van der Waals surface area contributed by atoms with Gasteiger partial charge in [0.1, 0.15) is 0 Å². The second-order valence-corrected chi connectivity index (χ2v) is 7.97. The summed E-state index contributed by atoms with van der Waals surface area (Å²) in [6.07, 6.45) is -1.05. The molecule has 2 unspecified atom stereocenters. The van der Waals surface area contributed by atoms with Crippen molar-refractivity contribution in [2.24, 2.45) is 4.99 Å². The van der Waals surface area contributed by atoms with Gasteiger partial charge in [0.2, 0.25) is 5.88 Å². The van der Waals surface area contributed by atoms with Crippen LogP contribution in [0.1, 0.15) is 30.9 Å². The van der Waals surface area contributed by atoms with Crippen LogP contribution >= 0.6 is 0 Å². The average molecular weight is 450 g/mol. The van der Waals surface area contributed by atoms with Crippen LogP contribution in [0.25, 0.3) is 0 Å². The van der Waals surface area contributed by atoms with Crippen molar-refractivity contribution in [3.8, 4) is 5.88 Å². The molecular weight excluding hydrogens is 419 g/mol. The fourth-order valence-corrected chi connectivity index (χ4v) is 3.81. The van der Waals surface area contributed by atoms with Crippen molar-refractivity contribution in [2.45, 2.75) is 51.1 Å². The molecule has 0 bridgehead atoms. The maximum atomic E-state index is 12.5. The molecule has 1 saturated heterocycles. The minimum atomic E-state index is -4.41. The third-order valence-electron chi connectivity index (χ3n) is 5.48. The number of ether oxygens (including phenoxy) is 1. The second-order valence-electron chi connectivity index (χ2n) is 7.97. The van der Waals surface area contributed by atoms with Gasteiger partial charge in [0.25, 0.3) is 0 Å².